The minimum Gasteiger partial charge on any atom is -0.376 e. The lowest BCUT2D eigenvalue weighted by atomic mass is 10.1. The van der Waals surface area contributed by atoms with Crippen molar-refractivity contribution in [2.24, 2.45) is 0 Å². The van der Waals surface area contributed by atoms with Gasteiger partial charge in [-0.05, 0) is 43.9 Å². The van der Waals surface area contributed by atoms with Gasteiger partial charge in [-0.3, -0.25) is 14.2 Å². The summed E-state index contributed by atoms with van der Waals surface area (Å²) in [5.74, 6) is 0.123. The number of rotatable bonds is 9. The quantitative estimate of drug-likeness (QED) is 0.248. The van der Waals surface area contributed by atoms with Crippen molar-refractivity contribution in [3.05, 3.63) is 63.8 Å². The van der Waals surface area contributed by atoms with Crippen molar-refractivity contribution in [2.75, 3.05) is 23.8 Å². The Morgan fingerprint density at radius 2 is 2.18 bits per heavy atom. The van der Waals surface area contributed by atoms with E-state index in [0.29, 0.717) is 23.6 Å². The number of hydrogen-bond donors (Lipinski definition) is 0. The van der Waals surface area contributed by atoms with E-state index in [2.05, 4.69) is 13.5 Å². The first kappa shape index (κ1) is 23.7. The van der Waals surface area contributed by atoms with Crippen molar-refractivity contribution in [2.45, 2.75) is 50.9 Å². The number of carbonyl (C=O) groups excluding carboxylic acids is 1. The van der Waals surface area contributed by atoms with E-state index in [4.69, 9.17) is 9.72 Å². The zero-order valence-corrected chi connectivity index (χ0v) is 20.7. The van der Waals surface area contributed by atoms with Crippen molar-refractivity contribution >= 4 is 44.9 Å². The van der Waals surface area contributed by atoms with Crippen LogP contribution < -0.4 is 10.5 Å². The van der Waals surface area contributed by atoms with Crippen LogP contribution in [0.5, 0.6) is 0 Å². The summed E-state index contributed by atoms with van der Waals surface area (Å²) in [4.78, 5) is 35.2. The zero-order chi connectivity index (χ0) is 23.4. The number of nitrogens with zero attached hydrogens (tertiary/aromatic N) is 3. The number of amides is 1. The van der Waals surface area contributed by atoms with Gasteiger partial charge in [0, 0.05) is 23.7 Å². The number of anilines is 1. The number of benzene rings is 1. The molecule has 33 heavy (non-hydrogen) atoms. The summed E-state index contributed by atoms with van der Waals surface area (Å²) >= 11 is 2.87. The number of thioether (sulfide) groups is 1. The minimum atomic E-state index is -0.0549. The maximum absolute atomic E-state index is 13.6. The highest BCUT2D eigenvalue weighted by Crippen LogP contribution is 2.30. The molecule has 0 N–H and O–H groups in total. The predicted molar refractivity (Wildman–Crippen MR) is 137 cm³/mol. The Hall–Kier alpha value is -2.42. The van der Waals surface area contributed by atoms with Crippen molar-refractivity contribution < 1.29 is 9.53 Å². The largest absolute Gasteiger partial charge is 0.376 e. The summed E-state index contributed by atoms with van der Waals surface area (Å²) in [6, 6.07) is 9.55. The maximum Gasteiger partial charge on any atom is 0.263 e. The number of aryl methyl sites for hydroxylation is 2. The molecule has 1 aliphatic rings. The Kier molecular flexibility index (Phi) is 7.67. The number of fused-ring (bicyclic) bond motifs is 1. The highest BCUT2D eigenvalue weighted by Gasteiger charge is 2.24. The van der Waals surface area contributed by atoms with Crippen molar-refractivity contribution in [3.63, 3.8) is 0 Å². The highest BCUT2D eigenvalue weighted by molar-refractivity contribution is 7.99. The molecule has 0 bridgehead atoms. The van der Waals surface area contributed by atoms with Crippen molar-refractivity contribution in [1.82, 2.24) is 9.55 Å². The fourth-order valence-corrected chi connectivity index (χ4v) is 6.25. The highest BCUT2D eigenvalue weighted by atomic mass is 32.2. The third-order valence-corrected chi connectivity index (χ3v) is 7.85. The van der Waals surface area contributed by atoms with Gasteiger partial charge >= 0.3 is 0 Å². The molecule has 0 spiro atoms. The first-order valence-electron chi connectivity index (χ1n) is 11.3. The zero-order valence-electron chi connectivity index (χ0n) is 19.1. The summed E-state index contributed by atoms with van der Waals surface area (Å²) in [5.41, 5.74) is 1.87. The monoisotopic (exact) mass is 483 g/mol. The molecule has 1 atom stereocenters. The molecule has 1 aliphatic heterocycles. The molecule has 174 valence electrons. The molecule has 1 unspecified atom stereocenters. The van der Waals surface area contributed by atoms with Gasteiger partial charge in [-0.1, -0.05) is 43.0 Å². The summed E-state index contributed by atoms with van der Waals surface area (Å²) in [6.45, 7) is 9.51. The summed E-state index contributed by atoms with van der Waals surface area (Å²) < 4.78 is 7.54. The molecule has 0 saturated carbocycles. The normalized spacial score (nSPS) is 15.8. The van der Waals surface area contributed by atoms with E-state index in [1.807, 2.05) is 37.3 Å². The minimum absolute atomic E-state index is 0.00314. The van der Waals surface area contributed by atoms with Crippen LogP contribution >= 0.6 is 23.1 Å². The topological polar surface area (TPSA) is 64.4 Å². The summed E-state index contributed by atoms with van der Waals surface area (Å²) in [7, 11) is 0. The molecule has 0 aliphatic carbocycles. The van der Waals surface area contributed by atoms with Gasteiger partial charge in [0.2, 0.25) is 5.91 Å². The van der Waals surface area contributed by atoms with E-state index in [-0.39, 0.29) is 23.3 Å². The Balaban J connectivity index is 1.66. The van der Waals surface area contributed by atoms with E-state index in [9.17, 15) is 9.59 Å². The van der Waals surface area contributed by atoms with Gasteiger partial charge in [0.1, 0.15) is 4.83 Å². The van der Waals surface area contributed by atoms with Crippen LogP contribution in [0.15, 0.2) is 52.9 Å². The molecule has 0 radical (unpaired) electrons. The lowest BCUT2D eigenvalue weighted by Crippen LogP contribution is -2.33. The molecule has 1 fully saturated rings. The SMILES string of the molecule is C=CCN(C(=O)CSc1nc2sc(C)c(CC)c2c(=O)n1CC1CCCO1)c1ccccc1. The summed E-state index contributed by atoms with van der Waals surface area (Å²) in [6.07, 6.45) is 4.44. The van der Waals surface area contributed by atoms with Crippen molar-refractivity contribution in [1.29, 1.82) is 0 Å². The Morgan fingerprint density at radius 1 is 1.39 bits per heavy atom. The molecular weight excluding hydrogens is 454 g/mol. The number of para-hydroxylation sites is 1. The van der Waals surface area contributed by atoms with Crippen LogP contribution in [0.3, 0.4) is 0 Å². The number of aromatic nitrogens is 2. The molecule has 3 aromatic rings. The number of thiophene rings is 1. The second kappa shape index (κ2) is 10.7. The van der Waals surface area contributed by atoms with Gasteiger partial charge in [0.15, 0.2) is 5.16 Å². The molecule has 1 amide bonds. The number of ether oxygens (including phenoxy) is 1. The lowest BCUT2D eigenvalue weighted by Gasteiger charge is -2.21. The van der Waals surface area contributed by atoms with Crippen LogP contribution in [-0.4, -0.2) is 40.5 Å². The van der Waals surface area contributed by atoms with E-state index in [0.717, 1.165) is 46.8 Å². The van der Waals surface area contributed by atoms with Gasteiger partial charge in [0.25, 0.3) is 5.56 Å². The van der Waals surface area contributed by atoms with Crippen LogP contribution in [0.4, 0.5) is 5.69 Å². The summed E-state index contributed by atoms with van der Waals surface area (Å²) in [5, 5.41) is 1.29. The lowest BCUT2D eigenvalue weighted by molar-refractivity contribution is -0.116. The molecular formula is C25H29N3O3S2. The Labute approximate surface area is 202 Å². The molecule has 1 saturated heterocycles. The Bertz CT molecular complexity index is 1200. The van der Waals surface area contributed by atoms with Crippen molar-refractivity contribution in [3.8, 4) is 0 Å². The van der Waals surface area contributed by atoms with Gasteiger partial charge < -0.3 is 9.64 Å². The van der Waals surface area contributed by atoms with E-state index in [1.165, 1.54) is 11.8 Å². The van der Waals surface area contributed by atoms with E-state index < -0.39 is 0 Å². The standard InChI is InChI=1S/C25H29N3O3S2/c1-4-13-27(18-10-7-6-8-11-18)21(29)16-32-25-26-23-22(20(5-2)17(3)33-23)24(30)28(25)15-19-12-9-14-31-19/h4,6-8,10-11,19H,1,5,9,12-16H2,2-3H3. The predicted octanol–water partition coefficient (Wildman–Crippen LogP) is 4.82. The van der Waals surface area contributed by atoms with Crippen LogP contribution in [-0.2, 0) is 22.5 Å². The fourth-order valence-electron chi connectivity index (χ4n) is 4.21. The first-order chi connectivity index (χ1) is 16.0. The second-order valence-corrected chi connectivity index (χ2v) is 10.2. The average molecular weight is 484 g/mol. The molecule has 4 rings (SSSR count). The van der Waals surface area contributed by atoms with Crippen LogP contribution in [0.1, 0.15) is 30.2 Å². The van der Waals surface area contributed by atoms with E-state index in [1.54, 1.807) is 26.9 Å². The smallest absolute Gasteiger partial charge is 0.263 e. The second-order valence-electron chi connectivity index (χ2n) is 8.03. The van der Waals surface area contributed by atoms with Gasteiger partial charge in [0.05, 0.1) is 23.8 Å². The first-order valence-corrected chi connectivity index (χ1v) is 13.1. The Morgan fingerprint density at radius 3 is 2.85 bits per heavy atom. The van der Waals surface area contributed by atoms with Crippen LogP contribution in [0.25, 0.3) is 10.2 Å². The third-order valence-electron chi connectivity index (χ3n) is 5.85. The molecule has 8 heteroatoms. The van der Waals surface area contributed by atoms with Gasteiger partial charge in [-0.15, -0.1) is 17.9 Å². The molecule has 3 heterocycles. The molecule has 2 aromatic heterocycles. The van der Waals surface area contributed by atoms with Crippen LogP contribution in [0.2, 0.25) is 0 Å². The van der Waals surface area contributed by atoms with Gasteiger partial charge in [-0.2, -0.15) is 0 Å². The maximum atomic E-state index is 13.6. The molecule has 6 nitrogen and oxygen atoms in total. The fraction of sp³-hybridized carbons (Fsp3) is 0.400. The van der Waals surface area contributed by atoms with Gasteiger partial charge in [-0.25, -0.2) is 4.98 Å². The number of hydrogen-bond acceptors (Lipinski definition) is 6. The average Bonchev–Trinajstić information content (AvgIpc) is 3.45. The molecule has 1 aromatic carbocycles. The van der Waals surface area contributed by atoms with Crippen LogP contribution in [0, 0.1) is 6.92 Å². The van der Waals surface area contributed by atoms with E-state index >= 15 is 0 Å². The third kappa shape index (κ3) is 5.08. The number of carbonyl (C=O) groups is 1.